The number of hydrogen-bond acceptors (Lipinski definition) is 4. The van der Waals surface area contributed by atoms with Crippen LogP contribution in [0.15, 0.2) is 58.4 Å². The summed E-state index contributed by atoms with van der Waals surface area (Å²) in [5.74, 6) is 5.40. The summed E-state index contributed by atoms with van der Waals surface area (Å²) in [6.45, 7) is 5.22. The Balaban J connectivity index is 1.34. The smallest absolute Gasteiger partial charge is 0.304 e. The molecule has 4 nitrogen and oxygen atoms in total. The lowest BCUT2D eigenvalue weighted by atomic mass is 9.96. The molecule has 0 saturated carbocycles. The number of hydrogen-bond donors (Lipinski definition) is 1. The average molecular weight is 524 g/mol. The number of rotatable bonds is 8. The molecule has 170 valence electrons. The second-order valence-corrected chi connectivity index (χ2v) is 10.7. The lowest BCUT2D eigenvalue weighted by Gasteiger charge is -2.26. The molecule has 0 fully saturated rings. The van der Waals surface area contributed by atoms with Crippen molar-refractivity contribution in [3.8, 4) is 17.6 Å². The third-order valence-electron chi connectivity index (χ3n) is 5.70. The normalized spacial score (nSPS) is 14.1. The molecule has 4 rings (SSSR count). The molecule has 2 heterocycles. The third-order valence-corrected chi connectivity index (χ3v) is 7.44. The lowest BCUT2D eigenvalue weighted by molar-refractivity contribution is -0.137. The molecule has 3 aromatic rings. The number of benzene rings is 2. The van der Waals surface area contributed by atoms with Gasteiger partial charge in [0, 0.05) is 24.5 Å². The summed E-state index contributed by atoms with van der Waals surface area (Å²) in [5, 5.41) is 9.11. The molecule has 0 saturated heterocycles. The number of halogens is 1. The molecule has 0 aliphatic carbocycles. The number of nitrogens with zero attached hydrogens (tertiary/aromatic N) is 1. The largest absolute Gasteiger partial charge is 0.489 e. The fourth-order valence-electron chi connectivity index (χ4n) is 4.13. The van der Waals surface area contributed by atoms with E-state index < -0.39 is 5.97 Å². The molecule has 6 heteroatoms. The highest BCUT2D eigenvalue weighted by molar-refractivity contribution is 9.11. The van der Waals surface area contributed by atoms with Crippen molar-refractivity contribution in [3.63, 3.8) is 0 Å². The molecule has 1 atom stereocenters. The van der Waals surface area contributed by atoms with Crippen LogP contribution in [-0.2, 0) is 30.9 Å². The van der Waals surface area contributed by atoms with Gasteiger partial charge in [0.25, 0.3) is 0 Å². The number of carbonyl (C=O) groups is 1. The second kappa shape index (κ2) is 11.0. The summed E-state index contributed by atoms with van der Waals surface area (Å²) in [5.41, 5.74) is 4.76. The van der Waals surface area contributed by atoms with Crippen LogP contribution in [-0.4, -0.2) is 22.5 Å². The summed E-state index contributed by atoms with van der Waals surface area (Å²) in [4.78, 5) is 15.1. The standard InChI is InChI=1S/C27H26BrNO3S/c1-2-4-22(15-27(30)31)21-7-9-24(10-8-21)32-18-20-6-3-5-19(13-20)16-29-12-11-25-23(17-29)14-26(28)33-25/h3,5-10,13-14,22H,11-12,15-18H2,1H3,(H,30,31). The van der Waals surface area contributed by atoms with Gasteiger partial charge in [-0.25, -0.2) is 0 Å². The first-order valence-electron chi connectivity index (χ1n) is 10.9. The van der Waals surface area contributed by atoms with Gasteiger partial charge in [-0.05, 0) is 69.7 Å². The average Bonchev–Trinajstić information content (AvgIpc) is 3.17. The first-order valence-corrected chi connectivity index (χ1v) is 12.5. The molecule has 1 N–H and O–H groups in total. The molecule has 0 amide bonds. The fourth-order valence-corrected chi connectivity index (χ4v) is 5.88. The molecule has 0 spiro atoms. The molecule has 1 unspecified atom stereocenters. The van der Waals surface area contributed by atoms with Crippen molar-refractivity contribution in [2.75, 3.05) is 6.54 Å². The first-order chi connectivity index (χ1) is 16.0. The van der Waals surface area contributed by atoms with E-state index in [1.807, 2.05) is 35.6 Å². The summed E-state index contributed by atoms with van der Waals surface area (Å²) in [7, 11) is 0. The van der Waals surface area contributed by atoms with Crippen LogP contribution < -0.4 is 4.74 Å². The molecule has 1 aliphatic rings. The zero-order valence-corrected chi connectivity index (χ0v) is 20.9. The zero-order chi connectivity index (χ0) is 23.2. The van der Waals surface area contributed by atoms with Crippen LogP contribution in [0.5, 0.6) is 5.75 Å². The molecular formula is C27H26BrNO3S. The van der Waals surface area contributed by atoms with Crippen LogP contribution in [0.3, 0.4) is 0 Å². The maximum atomic E-state index is 11.1. The van der Waals surface area contributed by atoms with Gasteiger partial charge < -0.3 is 9.84 Å². The van der Waals surface area contributed by atoms with Crippen LogP contribution in [0.1, 0.15) is 46.4 Å². The SMILES string of the molecule is CC#CC(CC(=O)O)c1ccc(OCc2cccc(CN3CCc4sc(Br)cc4C3)c2)cc1. The van der Waals surface area contributed by atoms with E-state index in [1.54, 1.807) is 6.92 Å². The van der Waals surface area contributed by atoms with Gasteiger partial charge in [-0.15, -0.1) is 17.3 Å². The Morgan fingerprint density at radius 1 is 1.21 bits per heavy atom. The van der Waals surface area contributed by atoms with E-state index in [1.165, 1.54) is 19.8 Å². The molecule has 2 aromatic carbocycles. The summed E-state index contributed by atoms with van der Waals surface area (Å²) in [6.07, 6.45) is 1.11. The van der Waals surface area contributed by atoms with Crippen molar-refractivity contribution in [2.24, 2.45) is 0 Å². The maximum absolute atomic E-state index is 11.1. The minimum atomic E-state index is -0.851. The zero-order valence-electron chi connectivity index (χ0n) is 18.5. The second-order valence-electron chi connectivity index (χ2n) is 8.18. The first kappa shape index (κ1) is 23.6. The Hall–Kier alpha value is -2.59. The maximum Gasteiger partial charge on any atom is 0.304 e. The van der Waals surface area contributed by atoms with Gasteiger partial charge in [-0.3, -0.25) is 9.69 Å². The van der Waals surface area contributed by atoms with Crippen molar-refractivity contribution in [3.05, 3.63) is 85.5 Å². The topological polar surface area (TPSA) is 49.8 Å². The Kier molecular flexibility index (Phi) is 7.87. The number of carboxylic acid groups (broad SMARTS) is 1. The van der Waals surface area contributed by atoms with Gasteiger partial charge in [0.1, 0.15) is 12.4 Å². The van der Waals surface area contributed by atoms with E-state index in [0.717, 1.165) is 42.9 Å². The van der Waals surface area contributed by atoms with Crippen molar-refractivity contribution in [1.82, 2.24) is 4.90 Å². The third kappa shape index (κ3) is 6.48. The summed E-state index contributed by atoms with van der Waals surface area (Å²) >= 11 is 5.46. The molecule has 1 aromatic heterocycles. The van der Waals surface area contributed by atoms with E-state index in [4.69, 9.17) is 9.84 Å². The number of carboxylic acids is 1. The Morgan fingerprint density at radius 2 is 2.00 bits per heavy atom. The minimum absolute atomic E-state index is 0.00412. The van der Waals surface area contributed by atoms with Crippen molar-refractivity contribution in [1.29, 1.82) is 0 Å². The summed E-state index contributed by atoms with van der Waals surface area (Å²) < 4.78 is 7.21. The Labute approximate surface area is 207 Å². The number of thiophene rings is 1. The van der Waals surface area contributed by atoms with E-state index in [2.05, 4.69) is 63.0 Å². The fraction of sp³-hybridized carbons (Fsp3) is 0.296. The summed E-state index contributed by atoms with van der Waals surface area (Å²) in [6, 6.07) is 18.4. The van der Waals surface area contributed by atoms with Gasteiger partial charge in [0.2, 0.25) is 0 Å². The molecule has 0 radical (unpaired) electrons. The van der Waals surface area contributed by atoms with Crippen LogP contribution in [0, 0.1) is 11.8 Å². The predicted octanol–water partition coefficient (Wildman–Crippen LogP) is 6.23. The molecule has 0 bridgehead atoms. The number of fused-ring (bicyclic) bond motifs is 1. The Morgan fingerprint density at radius 3 is 2.76 bits per heavy atom. The molecular weight excluding hydrogens is 498 g/mol. The minimum Gasteiger partial charge on any atom is -0.489 e. The van der Waals surface area contributed by atoms with E-state index in [-0.39, 0.29) is 12.3 Å². The van der Waals surface area contributed by atoms with E-state index in [9.17, 15) is 4.79 Å². The van der Waals surface area contributed by atoms with Gasteiger partial charge in [0.05, 0.1) is 16.1 Å². The highest BCUT2D eigenvalue weighted by atomic mass is 79.9. The predicted molar refractivity (Wildman–Crippen MR) is 135 cm³/mol. The molecule has 1 aliphatic heterocycles. The monoisotopic (exact) mass is 523 g/mol. The van der Waals surface area contributed by atoms with Crippen LogP contribution in [0.25, 0.3) is 0 Å². The van der Waals surface area contributed by atoms with Crippen molar-refractivity contribution >= 4 is 33.2 Å². The Bertz CT molecular complexity index is 1180. The number of ether oxygens (including phenoxy) is 1. The van der Waals surface area contributed by atoms with Gasteiger partial charge in [-0.2, -0.15) is 0 Å². The highest BCUT2D eigenvalue weighted by Gasteiger charge is 2.19. The number of aliphatic carboxylic acids is 1. The van der Waals surface area contributed by atoms with Crippen LogP contribution in [0.4, 0.5) is 0 Å². The van der Waals surface area contributed by atoms with E-state index >= 15 is 0 Å². The van der Waals surface area contributed by atoms with Crippen LogP contribution >= 0.6 is 27.3 Å². The van der Waals surface area contributed by atoms with Gasteiger partial charge in [-0.1, -0.05) is 42.3 Å². The highest BCUT2D eigenvalue weighted by Crippen LogP contribution is 2.32. The van der Waals surface area contributed by atoms with Gasteiger partial charge >= 0.3 is 5.97 Å². The van der Waals surface area contributed by atoms with Crippen LogP contribution in [0.2, 0.25) is 0 Å². The van der Waals surface area contributed by atoms with E-state index in [0.29, 0.717) is 6.61 Å². The lowest BCUT2D eigenvalue weighted by Crippen LogP contribution is -2.29. The van der Waals surface area contributed by atoms with Crippen molar-refractivity contribution in [2.45, 2.75) is 45.4 Å². The quantitative estimate of drug-likeness (QED) is 0.355. The molecule has 33 heavy (non-hydrogen) atoms. The van der Waals surface area contributed by atoms with Gasteiger partial charge in [0.15, 0.2) is 0 Å². The van der Waals surface area contributed by atoms with Crippen molar-refractivity contribution < 1.29 is 14.6 Å².